The van der Waals surface area contributed by atoms with E-state index in [0.29, 0.717) is 22.7 Å². The molecule has 0 aliphatic rings. The fourth-order valence-electron chi connectivity index (χ4n) is 1.80. The average Bonchev–Trinajstić information content (AvgIpc) is 2.57. The third-order valence-electron chi connectivity index (χ3n) is 3.02. The third-order valence-corrected chi connectivity index (χ3v) is 3.02. The first-order valence-corrected chi connectivity index (χ1v) is 6.87. The molecule has 0 heterocycles. The number of carbonyl (C=O) groups excluding carboxylic acids is 2. The molecular formula is C17H17N3O3. The van der Waals surface area contributed by atoms with Crippen molar-refractivity contribution in [3.8, 4) is 5.75 Å². The van der Waals surface area contributed by atoms with Gasteiger partial charge in [0.1, 0.15) is 5.75 Å². The highest BCUT2D eigenvalue weighted by Crippen LogP contribution is 2.16. The van der Waals surface area contributed by atoms with Crippen LogP contribution in [0.1, 0.15) is 10.4 Å². The Kier molecular flexibility index (Phi) is 5.35. The molecule has 0 saturated heterocycles. The number of amides is 2. The third kappa shape index (κ3) is 4.60. The molecule has 0 spiro atoms. The van der Waals surface area contributed by atoms with Crippen molar-refractivity contribution in [2.45, 2.75) is 0 Å². The standard InChI is InChI=1S/C17H17N3O3/c1-23-13-8-6-12(7-9-13)17(22)19-11-10-16(21)20-15-5-3-2-4-14(15)18/h2-11H,18H2,1H3,(H,19,22)(H,20,21). The van der Waals surface area contributed by atoms with E-state index in [9.17, 15) is 9.59 Å². The first kappa shape index (κ1) is 16.1. The highest BCUT2D eigenvalue weighted by Gasteiger charge is 2.04. The zero-order valence-electron chi connectivity index (χ0n) is 12.6. The van der Waals surface area contributed by atoms with E-state index in [0.717, 1.165) is 0 Å². The van der Waals surface area contributed by atoms with Crippen LogP contribution >= 0.6 is 0 Å². The molecule has 0 bridgehead atoms. The number of nitrogens with two attached hydrogens (primary N) is 1. The minimum Gasteiger partial charge on any atom is -0.497 e. The van der Waals surface area contributed by atoms with Crippen LogP contribution in [-0.2, 0) is 4.79 Å². The van der Waals surface area contributed by atoms with Gasteiger partial charge in [0.25, 0.3) is 5.91 Å². The predicted octanol–water partition coefficient (Wildman–Crippen LogP) is 2.16. The van der Waals surface area contributed by atoms with E-state index >= 15 is 0 Å². The molecule has 0 unspecified atom stereocenters. The summed E-state index contributed by atoms with van der Waals surface area (Å²) in [6.07, 6.45) is 2.49. The van der Waals surface area contributed by atoms with Crippen LogP contribution in [0.25, 0.3) is 0 Å². The molecule has 118 valence electrons. The van der Waals surface area contributed by atoms with E-state index in [1.807, 2.05) is 0 Å². The Morgan fingerprint density at radius 1 is 1.09 bits per heavy atom. The number of benzene rings is 2. The van der Waals surface area contributed by atoms with Gasteiger partial charge in [-0.15, -0.1) is 0 Å². The van der Waals surface area contributed by atoms with Crippen molar-refractivity contribution in [3.63, 3.8) is 0 Å². The first-order chi connectivity index (χ1) is 11.1. The molecule has 2 aromatic carbocycles. The summed E-state index contributed by atoms with van der Waals surface area (Å²) in [6, 6.07) is 13.5. The van der Waals surface area contributed by atoms with Crippen molar-refractivity contribution < 1.29 is 14.3 Å². The topological polar surface area (TPSA) is 93.4 Å². The summed E-state index contributed by atoms with van der Waals surface area (Å²) >= 11 is 0. The maximum atomic E-state index is 11.9. The molecule has 0 aliphatic heterocycles. The number of nitrogens with one attached hydrogen (secondary N) is 2. The number of hydrogen-bond donors (Lipinski definition) is 3. The minimum atomic E-state index is -0.391. The Balaban J connectivity index is 1.89. The second-order valence-corrected chi connectivity index (χ2v) is 4.61. The second-order valence-electron chi connectivity index (χ2n) is 4.61. The van der Waals surface area contributed by atoms with Gasteiger partial charge in [0.2, 0.25) is 5.91 Å². The van der Waals surface area contributed by atoms with Crippen molar-refractivity contribution in [3.05, 3.63) is 66.4 Å². The monoisotopic (exact) mass is 311 g/mol. The number of ether oxygens (including phenoxy) is 1. The highest BCUT2D eigenvalue weighted by atomic mass is 16.5. The SMILES string of the molecule is COc1ccc(C(=O)NC=CC(=O)Nc2ccccc2N)cc1. The average molecular weight is 311 g/mol. The van der Waals surface area contributed by atoms with Gasteiger partial charge in [-0.3, -0.25) is 9.59 Å². The summed E-state index contributed by atoms with van der Waals surface area (Å²) in [5.41, 5.74) is 7.17. The Morgan fingerprint density at radius 3 is 2.43 bits per heavy atom. The first-order valence-electron chi connectivity index (χ1n) is 6.87. The van der Waals surface area contributed by atoms with Crippen molar-refractivity contribution in [1.29, 1.82) is 0 Å². The maximum absolute atomic E-state index is 11.9. The van der Waals surface area contributed by atoms with Gasteiger partial charge in [0.05, 0.1) is 18.5 Å². The number of carbonyl (C=O) groups is 2. The Morgan fingerprint density at radius 2 is 1.78 bits per heavy atom. The summed E-state index contributed by atoms with van der Waals surface area (Å²) in [7, 11) is 1.55. The second kappa shape index (κ2) is 7.65. The molecule has 2 amide bonds. The van der Waals surface area contributed by atoms with Crippen LogP contribution in [0.4, 0.5) is 11.4 Å². The van der Waals surface area contributed by atoms with Gasteiger partial charge < -0.3 is 21.1 Å². The van der Waals surface area contributed by atoms with E-state index < -0.39 is 5.91 Å². The van der Waals surface area contributed by atoms with Crippen LogP contribution < -0.4 is 21.1 Å². The molecule has 0 fully saturated rings. The summed E-state index contributed by atoms with van der Waals surface area (Å²) in [5, 5.41) is 5.14. The van der Waals surface area contributed by atoms with Crippen molar-refractivity contribution >= 4 is 23.2 Å². The molecule has 2 aromatic rings. The molecule has 6 nitrogen and oxygen atoms in total. The lowest BCUT2D eigenvalue weighted by Gasteiger charge is -2.05. The normalized spacial score (nSPS) is 10.3. The van der Waals surface area contributed by atoms with E-state index in [1.165, 1.54) is 12.3 Å². The lowest BCUT2D eigenvalue weighted by Crippen LogP contribution is -2.18. The molecule has 0 aromatic heterocycles. The van der Waals surface area contributed by atoms with E-state index in [4.69, 9.17) is 10.5 Å². The van der Waals surface area contributed by atoms with Gasteiger partial charge in [0.15, 0.2) is 0 Å². The summed E-state index contributed by atoms with van der Waals surface area (Å²) < 4.78 is 5.02. The van der Waals surface area contributed by atoms with Crippen molar-refractivity contribution in [2.75, 3.05) is 18.2 Å². The fraction of sp³-hybridized carbons (Fsp3) is 0.0588. The van der Waals surface area contributed by atoms with Crippen LogP contribution in [0.5, 0.6) is 5.75 Å². The van der Waals surface area contributed by atoms with Crippen LogP contribution in [-0.4, -0.2) is 18.9 Å². The summed E-state index contributed by atoms with van der Waals surface area (Å²) in [5.74, 6) is -0.0502. The Labute approximate surface area is 133 Å². The Hall–Kier alpha value is -3.28. The fourth-order valence-corrected chi connectivity index (χ4v) is 1.80. The molecule has 4 N–H and O–H groups in total. The largest absolute Gasteiger partial charge is 0.497 e. The lowest BCUT2D eigenvalue weighted by atomic mass is 10.2. The quantitative estimate of drug-likeness (QED) is 0.582. The number of methoxy groups -OCH3 is 1. The van der Waals surface area contributed by atoms with Crippen LogP contribution in [0, 0.1) is 0 Å². The molecule has 0 atom stereocenters. The zero-order valence-corrected chi connectivity index (χ0v) is 12.6. The van der Waals surface area contributed by atoms with Crippen molar-refractivity contribution in [1.82, 2.24) is 5.32 Å². The van der Waals surface area contributed by atoms with Crippen LogP contribution in [0.3, 0.4) is 0 Å². The highest BCUT2D eigenvalue weighted by molar-refractivity contribution is 6.02. The molecular weight excluding hydrogens is 294 g/mol. The number of rotatable bonds is 5. The van der Waals surface area contributed by atoms with Crippen LogP contribution in [0.15, 0.2) is 60.8 Å². The van der Waals surface area contributed by atoms with Gasteiger partial charge in [-0.05, 0) is 36.4 Å². The summed E-state index contributed by atoms with van der Waals surface area (Å²) in [6.45, 7) is 0. The number of anilines is 2. The van der Waals surface area contributed by atoms with E-state index in [1.54, 1.807) is 55.6 Å². The molecule has 0 radical (unpaired) electrons. The zero-order chi connectivity index (χ0) is 16.7. The molecule has 23 heavy (non-hydrogen) atoms. The van der Waals surface area contributed by atoms with Gasteiger partial charge in [-0.25, -0.2) is 0 Å². The lowest BCUT2D eigenvalue weighted by molar-refractivity contribution is -0.111. The van der Waals surface area contributed by atoms with Crippen LogP contribution in [0.2, 0.25) is 0 Å². The number of hydrogen-bond acceptors (Lipinski definition) is 4. The van der Waals surface area contributed by atoms with E-state index in [-0.39, 0.29) is 5.91 Å². The van der Waals surface area contributed by atoms with E-state index in [2.05, 4.69) is 10.6 Å². The van der Waals surface area contributed by atoms with Gasteiger partial charge >= 0.3 is 0 Å². The molecule has 2 rings (SSSR count). The van der Waals surface area contributed by atoms with Crippen molar-refractivity contribution in [2.24, 2.45) is 0 Å². The van der Waals surface area contributed by atoms with Gasteiger partial charge in [0, 0.05) is 17.8 Å². The Bertz CT molecular complexity index is 724. The predicted molar refractivity (Wildman–Crippen MR) is 89.1 cm³/mol. The maximum Gasteiger partial charge on any atom is 0.255 e. The number of para-hydroxylation sites is 2. The number of nitrogen functional groups attached to an aromatic ring is 1. The molecule has 6 heteroatoms. The summed E-state index contributed by atoms with van der Waals surface area (Å²) in [4.78, 5) is 23.6. The smallest absolute Gasteiger partial charge is 0.255 e. The molecule has 0 saturated carbocycles. The minimum absolute atomic E-state index is 0.323. The van der Waals surface area contributed by atoms with Gasteiger partial charge in [-0.1, -0.05) is 12.1 Å². The van der Waals surface area contributed by atoms with Gasteiger partial charge in [-0.2, -0.15) is 0 Å². The molecule has 0 aliphatic carbocycles.